The summed E-state index contributed by atoms with van der Waals surface area (Å²) in [7, 11) is 3.09. The highest BCUT2D eigenvalue weighted by molar-refractivity contribution is 7.13. The van der Waals surface area contributed by atoms with Crippen molar-refractivity contribution in [1.82, 2.24) is 14.8 Å². The molecular weight excluding hydrogens is 564 g/mol. The molecule has 0 radical (unpaired) electrons. The molecule has 0 aliphatic carbocycles. The highest BCUT2D eigenvalue weighted by atomic mass is 32.1. The normalized spacial score (nSPS) is 10.7. The number of hydrogen-bond donors (Lipinski definition) is 1. The summed E-state index contributed by atoms with van der Waals surface area (Å²) in [6, 6.07) is 26.7. The zero-order chi connectivity index (χ0) is 30.4. The van der Waals surface area contributed by atoms with Crippen molar-refractivity contribution >= 4 is 34.2 Å². The van der Waals surface area contributed by atoms with Gasteiger partial charge in [0.15, 0.2) is 5.13 Å². The standard InChI is InChI=1S/C33H36N4O5S/c1-41-20-19-37(32(40)27-13-15-29(42-2)16-14-27)23-30(38)35-33-34-28(24-43-33)21-31(39)36(22-26-11-7-4-8-12-26)18-17-25-9-5-3-6-10-25/h3-16,24H,17-23H2,1-2H3,(H,34,35,38). The number of carbonyl (C=O) groups is 3. The number of nitrogens with one attached hydrogen (secondary N) is 1. The number of anilines is 1. The van der Waals surface area contributed by atoms with Crippen molar-refractivity contribution in [2.45, 2.75) is 19.4 Å². The first kappa shape index (κ1) is 31.4. The van der Waals surface area contributed by atoms with Crippen LogP contribution in [0.25, 0.3) is 0 Å². The first-order chi connectivity index (χ1) is 20.9. The second-order valence-corrected chi connectivity index (χ2v) is 10.7. The molecule has 0 atom stereocenters. The summed E-state index contributed by atoms with van der Waals surface area (Å²) in [6.45, 7) is 1.42. The number of benzene rings is 3. The van der Waals surface area contributed by atoms with E-state index in [2.05, 4.69) is 22.4 Å². The Morgan fingerprint density at radius 2 is 1.51 bits per heavy atom. The number of amides is 3. The van der Waals surface area contributed by atoms with Gasteiger partial charge in [-0.2, -0.15) is 0 Å². The highest BCUT2D eigenvalue weighted by Gasteiger charge is 2.21. The van der Waals surface area contributed by atoms with Crippen LogP contribution in [-0.2, 0) is 33.7 Å². The zero-order valence-corrected chi connectivity index (χ0v) is 25.2. The van der Waals surface area contributed by atoms with Crippen LogP contribution in [0.5, 0.6) is 5.75 Å². The number of hydrogen-bond acceptors (Lipinski definition) is 7. The molecule has 0 saturated heterocycles. The van der Waals surface area contributed by atoms with E-state index in [0.717, 1.165) is 17.5 Å². The summed E-state index contributed by atoms with van der Waals surface area (Å²) in [6.07, 6.45) is 0.858. The lowest BCUT2D eigenvalue weighted by atomic mass is 10.1. The Balaban J connectivity index is 1.37. The van der Waals surface area contributed by atoms with Crippen LogP contribution in [0.2, 0.25) is 0 Å². The van der Waals surface area contributed by atoms with Gasteiger partial charge in [-0.05, 0) is 41.8 Å². The third-order valence-corrected chi connectivity index (χ3v) is 7.54. The Labute approximate surface area is 256 Å². The molecule has 10 heteroatoms. The Bertz CT molecular complexity index is 1460. The average Bonchev–Trinajstić information content (AvgIpc) is 3.47. The second-order valence-electron chi connectivity index (χ2n) is 9.85. The van der Waals surface area contributed by atoms with E-state index in [4.69, 9.17) is 9.47 Å². The van der Waals surface area contributed by atoms with Crippen molar-refractivity contribution in [2.75, 3.05) is 45.8 Å². The van der Waals surface area contributed by atoms with Crippen molar-refractivity contribution in [1.29, 1.82) is 0 Å². The fraction of sp³-hybridized carbons (Fsp3) is 0.273. The first-order valence-electron chi connectivity index (χ1n) is 14.0. The molecule has 4 rings (SSSR count). The number of carbonyl (C=O) groups excluding carboxylic acids is 3. The maximum absolute atomic E-state index is 13.4. The molecule has 9 nitrogen and oxygen atoms in total. The smallest absolute Gasteiger partial charge is 0.254 e. The third kappa shape index (κ3) is 9.76. The van der Waals surface area contributed by atoms with Crippen molar-refractivity contribution in [3.8, 4) is 5.75 Å². The largest absolute Gasteiger partial charge is 0.497 e. The van der Waals surface area contributed by atoms with Gasteiger partial charge >= 0.3 is 0 Å². The topological polar surface area (TPSA) is 101 Å². The summed E-state index contributed by atoms with van der Waals surface area (Å²) in [5.41, 5.74) is 3.23. The predicted octanol–water partition coefficient (Wildman–Crippen LogP) is 4.69. The molecular formula is C33H36N4O5S. The fourth-order valence-corrected chi connectivity index (χ4v) is 5.15. The molecule has 0 unspecified atom stereocenters. The number of thiazole rings is 1. The maximum atomic E-state index is 13.4. The van der Waals surface area contributed by atoms with E-state index in [1.807, 2.05) is 53.4 Å². The second kappa shape index (κ2) is 16.2. The summed E-state index contributed by atoms with van der Waals surface area (Å²) in [5, 5.41) is 4.92. The molecule has 224 valence electrons. The molecule has 0 spiro atoms. The number of rotatable bonds is 15. The number of nitrogens with zero attached hydrogens (tertiary/aromatic N) is 3. The van der Waals surface area contributed by atoms with Gasteiger partial charge in [-0.15, -0.1) is 11.3 Å². The fourth-order valence-electron chi connectivity index (χ4n) is 4.42. The molecule has 0 bridgehead atoms. The van der Waals surface area contributed by atoms with Crippen LogP contribution < -0.4 is 10.1 Å². The van der Waals surface area contributed by atoms with Crippen LogP contribution in [0, 0.1) is 0 Å². The van der Waals surface area contributed by atoms with Gasteiger partial charge in [0.1, 0.15) is 12.3 Å². The highest BCUT2D eigenvalue weighted by Crippen LogP contribution is 2.18. The maximum Gasteiger partial charge on any atom is 0.254 e. The molecule has 0 aliphatic rings. The number of aromatic nitrogens is 1. The van der Waals surface area contributed by atoms with E-state index in [1.54, 1.807) is 36.8 Å². The minimum atomic E-state index is -0.390. The van der Waals surface area contributed by atoms with Gasteiger partial charge in [0.2, 0.25) is 11.8 Å². The molecule has 43 heavy (non-hydrogen) atoms. The Morgan fingerprint density at radius 1 is 0.837 bits per heavy atom. The van der Waals surface area contributed by atoms with Gasteiger partial charge in [0, 0.05) is 37.7 Å². The SMILES string of the molecule is COCCN(CC(=O)Nc1nc(CC(=O)N(CCc2ccccc2)Cc2ccccc2)cs1)C(=O)c1ccc(OC)cc1. The van der Waals surface area contributed by atoms with Gasteiger partial charge in [0.25, 0.3) is 5.91 Å². The molecule has 3 amide bonds. The monoisotopic (exact) mass is 600 g/mol. The summed E-state index contributed by atoms with van der Waals surface area (Å²) in [5.74, 6) is -0.0954. The summed E-state index contributed by atoms with van der Waals surface area (Å²) < 4.78 is 10.3. The molecule has 1 N–H and O–H groups in total. The van der Waals surface area contributed by atoms with E-state index >= 15 is 0 Å². The van der Waals surface area contributed by atoms with E-state index in [0.29, 0.717) is 35.2 Å². The van der Waals surface area contributed by atoms with Crippen molar-refractivity contribution in [2.24, 2.45) is 0 Å². The molecule has 0 fully saturated rings. The van der Waals surface area contributed by atoms with Crippen LogP contribution >= 0.6 is 11.3 Å². The molecule has 0 saturated carbocycles. The third-order valence-electron chi connectivity index (χ3n) is 6.74. The quantitative estimate of drug-likeness (QED) is 0.213. The predicted molar refractivity (Wildman–Crippen MR) is 167 cm³/mol. The Hall–Kier alpha value is -4.54. The molecule has 1 heterocycles. The number of methoxy groups -OCH3 is 2. The Kier molecular flexibility index (Phi) is 11.8. The average molecular weight is 601 g/mol. The summed E-state index contributed by atoms with van der Waals surface area (Å²) in [4.78, 5) is 47.2. The van der Waals surface area contributed by atoms with Gasteiger partial charge < -0.3 is 24.6 Å². The lowest BCUT2D eigenvalue weighted by Gasteiger charge is -2.23. The lowest BCUT2D eigenvalue weighted by Crippen LogP contribution is -2.40. The van der Waals surface area contributed by atoms with Gasteiger partial charge in [-0.3, -0.25) is 14.4 Å². The van der Waals surface area contributed by atoms with Gasteiger partial charge in [-0.25, -0.2) is 4.98 Å². The van der Waals surface area contributed by atoms with Gasteiger partial charge in [-0.1, -0.05) is 60.7 Å². The summed E-state index contributed by atoms with van der Waals surface area (Å²) >= 11 is 1.24. The van der Waals surface area contributed by atoms with Crippen LogP contribution in [0.3, 0.4) is 0 Å². The molecule has 3 aromatic carbocycles. The molecule has 1 aromatic heterocycles. The molecule has 0 aliphatic heterocycles. The molecule has 4 aromatic rings. The van der Waals surface area contributed by atoms with Gasteiger partial charge in [0.05, 0.1) is 25.8 Å². The van der Waals surface area contributed by atoms with Crippen LogP contribution in [0.1, 0.15) is 27.2 Å². The van der Waals surface area contributed by atoms with E-state index < -0.39 is 5.91 Å². The van der Waals surface area contributed by atoms with Crippen LogP contribution in [0.4, 0.5) is 5.13 Å². The minimum absolute atomic E-state index is 0.0428. The van der Waals surface area contributed by atoms with Crippen molar-refractivity contribution in [3.63, 3.8) is 0 Å². The lowest BCUT2D eigenvalue weighted by molar-refractivity contribution is -0.131. The van der Waals surface area contributed by atoms with Crippen LogP contribution in [-0.4, -0.2) is 73.0 Å². The van der Waals surface area contributed by atoms with E-state index in [-0.39, 0.29) is 37.9 Å². The van der Waals surface area contributed by atoms with Crippen molar-refractivity contribution in [3.05, 3.63) is 113 Å². The Morgan fingerprint density at radius 3 is 2.16 bits per heavy atom. The van der Waals surface area contributed by atoms with E-state index in [1.165, 1.54) is 23.3 Å². The number of ether oxygens (including phenoxy) is 2. The zero-order valence-electron chi connectivity index (χ0n) is 24.4. The van der Waals surface area contributed by atoms with Crippen molar-refractivity contribution < 1.29 is 23.9 Å². The van der Waals surface area contributed by atoms with E-state index in [9.17, 15) is 14.4 Å². The first-order valence-corrected chi connectivity index (χ1v) is 14.8. The van der Waals surface area contributed by atoms with Crippen LogP contribution in [0.15, 0.2) is 90.3 Å². The minimum Gasteiger partial charge on any atom is -0.497 e.